The van der Waals surface area contributed by atoms with Crippen LogP contribution in [0.3, 0.4) is 0 Å². The molecule has 0 spiro atoms. The quantitative estimate of drug-likeness (QED) is 0.620. The summed E-state index contributed by atoms with van der Waals surface area (Å²) >= 11 is 0. The molecule has 1 aliphatic heterocycles. The molecule has 1 fully saturated rings. The van der Waals surface area contributed by atoms with E-state index in [1.807, 2.05) is 0 Å². The van der Waals surface area contributed by atoms with Crippen LogP contribution in [0.25, 0.3) is 0 Å². The number of aromatic hydroxyl groups is 1. The number of hydrogen-bond donors (Lipinski definition) is 1. The maximum Gasteiger partial charge on any atom is 0.328 e. The van der Waals surface area contributed by atoms with Crippen molar-refractivity contribution in [2.45, 2.75) is 12.5 Å². The number of Topliss-reactive ketones (excluding diaryl/α,β-unsaturated/α-hetero) is 1. The minimum Gasteiger partial charge on any atom is -0.508 e. The first-order valence-corrected chi connectivity index (χ1v) is 5.63. The topological polar surface area (TPSA) is 89.9 Å². The molecule has 0 saturated carbocycles. The van der Waals surface area contributed by atoms with E-state index in [1.54, 1.807) is 12.1 Å². The molecule has 1 aromatic rings. The van der Waals surface area contributed by atoms with Gasteiger partial charge in [0.15, 0.2) is 11.9 Å². The number of cyclic esters (lactones) is 1. The van der Waals surface area contributed by atoms with Crippen LogP contribution in [0.15, 0.2) is 24.3 Å². The molecule has 2 rings (SSSR count). The molecular formula is C13H12O6. The van der Waals surface area contributed by atoms with E-state index in [-0.39, 0.29) is 12.2 Å². The molecule has 6 heteroatoms. The monoisotopic (exact) mass is 264 g/mol. The molecule has 6 nitrogen and oxygen atoms in total. The molecule has 2 unspecified atom stereocenters. The van der Waals surface area contributed by atoms with Gasteiger partial charge in [0.2, 0.25) is 5.92 Å². The van der Waals surface area contributed by atoms with E-state index in [9.17, 15) is 14.4 Å². The second-order valence-electron chi connectivity index (χ2n) is 4.15. The van der Waals surface area contributed by atoms with Crippen LogP contribution in [-0.4, -0.2) is 36.0 Å². The zero-order valence-corrected chi connectivity index (χ0v) is 10.2. The van der Waals surface area contributed by atoms with E-state index in [4.69, 9.17) is 9.84 Å². The van der Waals surface area contributed by atoms with E-state index in [1.165, 1.54) is 12.1 Å². The van der Waals surface area contributed by atoms with E-state index in [0.717, 1.165) is 12.7 Å². The maximum atomic E-state index is 11.9. The number of carbonyl (C=O) groups is 3. The van der Waals surface area contributed by atoms with Crippen molar-refractivity contribution in [3.63, 3.8) is 0 Å². The summed E-state index contributed by atoms with van der Waals surface area (Å²) < 4.78 is 9.29. The smallest absolute Gasteiger partial charge is 0.328 e. The molecule has 1 aliphatic rings. The number of hydrogen-bond acceptors (Lipinski definition) is 6. The Kier molecular flexibility index (Phi) is 3.50. The van der Waals surface area contributed by atoms with Crippen molar-refractivity contribution in [1.82, 2.24) is 0 Å². The van der Waals surface area contributed by atoms with E-state index < -0.39 is 29.7 Å². The maximum absolute atomic E-state index is 11.9. The molecule has 100 valence electrons. The second kappa shape index (κ2) is 5.09. The highest BCUT2D eigenvalue weighted by Gasteiger charge is 2.48. The Morgan fingerprint density at radius 2 is 1.95 bits per heavy atom. The van der Waals surface area contributed by atoms with Crippen molar-refractivity contribution in [2.75, 3.05) is 7.11 Å². The summed E-state index contributed by atoms with van der Waals surface area (Å²) in [5.41, 5.74) is 0.717. The predicted molar refractivity (Wildman–Crippen MR) is 62.2 cm³/mol. The van der Waals surface area contributed by atoms with Crippen molar-refractivity contribution < 1.29 is 29.0 Å². The lowest BCUT2D eigenvalue weighted by molar-refractivity contribution is -0.155. The number of ether oxygens (including phenoxy) is 2. The minimum atomic E-state index is -1.48. The summed E-state index contributed by atoms with van der Waals surface area (Å²) in [6.45, 7) is 0. The molecule has 0 aliphatic carbocycles. The van der Waals surface area contributed by atoms with Gasteiger partial charge in [0, 0.05) is 6.42 Å². The molecule has 0 radical (unpaired) electrons. The molecule has 1 N–H and O–H groups in total. The molecule has 1 saturated heterocycles. The summed E-state index contributed by atoms with van der Waals surface area (Å²) in [4.78, 5) is 34.6. The summed E-state index contributed by atoms with van der Waals surface area (Å²) in [7, 11) is 1.11. The fourth-order valence-electron chi connectivity index (χ4n) is 1.89. The van der Waals surface area contributed by atoms with E-state index in [2.05, 4.69) is 4.74 Å². The highest BCUT2D eigenvalue weighted by molar-refractivity contribution is 6.19. The Balaban J connectivity index is 2.11. The van der Waals surface area contributed by atoms with Crippen LogP contribution in [0.2, 0.25) is 0 Å². The molecule has 0 amide bonds. The summed E-state index contributed by atoms with van der Waals surface area (Å²) in [5, 5.41) is 9.14. The lowest BCUT2D eigenvalue weighted by Gasteiger charge is -2.07. The minimum absolute atomic E-state index is 0.103. The number of phenolic OH excluding ortho intramolecular Hbond substituents is 1. The Labute approximate surface area is 108 Å². The lowest BCUT2D eigenvalue weighted by Crippen LogP contribution is -2.29. The first kappa shape index (κ1) is 13.1. The SMILES string of the molecule is COC(=O)C1C(=O)OC(Cc2ccc(O)cc2)C1=O. The molecule has 1 aromatic carbocycles. The standard InChI is InChI=1S/C13H12O6/c1-18-12(16)10-11(15)9(19-13(10)17)6-7-2-4-8(14)5-3-7/h2-5,9-10,14H,6H2,1H3. The van der Waals surface area contributed by atoms with Crippen molar-refractivity contribution in [2.24, 2.45) is 5.92 Å². The van der Waals surface area contributed by atoms with Crippen molar-refractivity contribution >= 4 is 17.7 Å². The fraction of sp³-hybridized carbons (Fsp3) is 0.308. The van der Waals surface area contributed by atoms with Crippen molar-refractivity contribution in [3.05, 3.63) is 29.8 Å². The van der Waals surface area contributed by atoms with Crippen LogP contribution in [0.4, 0.5) is 0 Å². The summed E-state index contributed by atoms with van der Waals surface area (Å²) in [6, 6.07) is 6.16. The Bertz CT molecular complexity index is 518. The zero-order chi connectivity index (χ0) is 14.0. The van der Waals surface area contributed by atoms with Crippen LogP contribution in [0.5, 0.6) is 5.75 Å². The number of ketones is 1. The third kappa shape index (κ3) is 2.57. The van der Waals surface area contributed by atoms with Gasteiger partial charge in [-0.25, -0.2) is 0 Å². The van der Waals surface area contributed by atoms with Crippen molar-refractivity contribution in [1.29, 1.82) is 0 Å². The lowest BCUT2D eigenvalue weighted by atomic mass is 9.99. The van der Waals surface area contributed by atoms with Crippen LogP contribution < -0.4 is 0 Å². The number of benzene rings is 1. The first-order chi connectivity index (χ1) is 9.02. The van der Waals surface area contributed by atoms with Gasteiger partial charge in [0.1, 0.15) is 5.75 Å². The van der Waals surface area contributed by atoms with E-state index >= 15 is 0 Å². The second-order valence-corrected chi connectivity index (χ2v) is 4.15. The highest BCUT2D eigenvalue weighted by atomic mass is 16.6. The van der Waals surface area contributed by atoms with Gasteiger partial charge < -0.3 is 14.6 Å². The van der Waals surface area contributed by atoms with Gasteiger partial charge in [0.25, 0.3) is 0 Å². The fourth-order valence-corrected chi connectivity index (χ4v) is 1.89. The van der Waals surface area contributed by atoms with Crippen LogP contribution >= 0.6 is 0 Å². The normalized spacial score (nSPS) is 22.2. The first-order valence-electron chi connectivity index (χ1n) is 5.63. The van der Waals surface area contributed by atoms with Crippen LogP contribution in [0, 0.1) is 5.92 Å². The average molecular weight is 264 g/mol. The van der Waals surface area contributed by atoms with E-state index in [0.29, 0.717) is 0 Å². The molecular weight excluding hydrogens is 252 g/mol. The Hall–Kier alpha value is -2.37. The third-order valence-electron chi connectivity index (χ3n) is 2.89. The number of methoxy groups -OCH3 is 1. The van der Waals surface area contributed by atoms with Gasteiger partial charge >= 0.3 is 11.9 Å². The molecule has 19 heavy (non-hydrogen) atoms. The largest absolute Gasteiger partial charge is 0.508 e. The molecule has 2 atom stereocenters. The van der Waals surface area contributed by atoms with Gasteiger partial charge in [-0.15, -0.1) is 0 Å². The van der Waals surface area contributed by atoms with Gasteiger partial charge in [-0.2, -0.15) is 0 Å². The third-order valence-corrected chi connectivity index (χ3v) is 2.89. The molecule has 1 heterocycles. The number of carbonyl (C=O) groups excluding carboxylic acids is 3. The van der Waals surface area contributed by atoms with Gasteiger partial charge in [0.05, 0.1) is 7.11 Å². The summed E-state index contributed by atoms with van der Waals surface area (Å²) in [6.07, 6.45) is -0.820. The van der Waals surface area contributed by atoms with Gasteiger partial charge in [-0.3, -0.25) is 14.4 Å². The number of rotatable bonds is 3. The Morgan fingerprint density at radius 1 is 1.32 bits per heavy atom. The highest BCUT2D eigenvalue weighted by Crippen LogP contribution is 2.22. The average Bonchev–Trinajstić information content (AvgIpc) is 2.66. The van der Waals surface area contributed by atoms with Crippen LogP contribution in [-0.2, 0) is 30.3 Å². The number of esters is 2. The Morgan fingerprint density at radius 3 is 2.53 bits per heavy atom. The van der Waals surface area contributed by atoms with Crippen molar-refractivity contribution in [3.8, 4) is 5.75 Å². The summed E-state index contributed by atoms with van der Waals surface area (Å²) in [5.74, 6) is -3.74. The predicted octanol–water partition coefficient (Wildman–Crippen LogP) is 0.218. The van der Waals surface area contributed by atoms with Crippen LogP contribution in [0.1, 0.15) is 5.56 Å². The van der Waals surface area contributed by atoms with Gasteiger partial charge in [-0.05, 0) is 17.7 Å². The molecule has 0 aromatic heterocycles. The number of phenols is 1. The zero-order valence-electron chi connectivity index (χ0n) is 10.2. The molecule has 0 bridgehead atoms. The van der Waals surface area contributed by atoms with Gasteiger partial charge in [-0.1, -0.05) is 12.1 Å².